The highest BCUT2D eigenvalue weighted by Gasteiger charge is 2.14. The Labute approximate surface area is 130 Å². The molecule has 2 rings (SSSR count). The Hall–Kier alpha value is -1.99. The molecule has 0 aliphatic rings. The Bertz CT molecular complexity index is 641. The molecule has 2 aromatic rings. The molecule has 1 heterocycles. The largest absolute Gasteiger partial charge is 0.465 e. The highest BCUT2D eigenvalue weighted by atomic mass is 32.1. The lowest BCUT2D eigenvalue weighted by Gasteiger charge is -2.10. The first-order valence-electron chi connectivity index (χ1n) is 6.05. The summed E-state index contributed by atoms with van der Waals surface area (Å²) in [5, 5.41) is 8.09. The summed E-state index contributed by atoms with van der Waals surface area (Å²) < 4.78 is 17.5. The van der Waals surface area contributed by atoms with Crippen molar-refractivity contribution in [3.8, 4) is 0 Å². The third-order valence-corrected chi connectivity index (χ3v) is 3.79. The molecule has 0 atom stereocenters. The molecule has 0 spiro atoms. The van der Waals surface area contributed by atoms with E-state index >= 15 is 0 Å². The van der Waals surface area contributed by atoms with Crippen molar-refractivity contribution < 1.29 is 13.9 Å². The first-order valence-corrected chi connectivity index (χ1v) is 7.34. The summed E-state index contributed by atoms with van der Waals surface area (Å²) in [6, 6.07) is 7.89. The van der Waals surface area contributed by atoms with Crippen LogP contribution in [0.1, 0.15) is 15.2 Å². The van der Waals surface area contributed by atoms with Crippen LogP contribution in [-0.4, -0.2) is 18.2 Å². The molecule has 2 N–H and O–H groups in total. The molecule has 0 saturated heterocycles. The average molecular weight is 324 g/mol. The van der Waals surface area contributed by atoms with E-state index in [1.54, 1.807) is 23.6 Å². The van der Waals surface area contributed by atoms with Gasteiger partial charge in [-0.1, -0.05) is 12.1 Å². The third-order valence-electron chi connectivity index (χ3n) is 2.65. The molecule has 21 heavy (non-hydrogen) atoms. The summed E-state index contributed by atoms with van der Waals surface area (Å²) in [7, 11) is 1.33. The number of anilines is 1. The Morgan fingerprint density at radius 3 is 2.71 bits per heavy atom. The van der Waals surface area contributed by atoms with E-state index in [-0.39, 0.29) is 5.82 Å². The van der Waals surface area contributed by atoms with Crippen molar-refractivity contribution in [1.82, 2.24) is 5.32 Å². The van der Waals surface area contributed by atoms with Crippen LogP contribution in [0, 0.1) is 5.82 Å². The quantitative estimate of drug-likeness (QED) is 0.668. The van der Waals surface area contributed by atoms with Crippen molar-refractivity contribution in [1.29, 1.82) is 0 Å². The lowest BCUT2D eigenvalue weighted by molar-refractivity contribution is 0.0607. The minimum Gasteiger partial charge on any atom is -0.465 e. The maximum atomic E-state index is 12.8. The number of methoxy groups -OCH3 is 1. The predicted molar refractivity (Wildman–Crippen MR) is 85.1 cm³/mol. The van der Waals surface area contributed by atoms with Crippen molar-refractivity contribution >= 4 is 40.3 Å². The Balaban J connectivity index is 1.92. The first-order chi connectivity index (χ1) is 10.1. The number of thiocarbonyl (C=S) groups is 1. The fourth-order valence-electron chi connectivity index (χ4n) is 1.61. The number of nitrogens with one attached hydrogen (secondary N) is 2. The molecule has 7 heteroatoms. The molecule has 0 bridgehead atoms. The number of benzene rings is 1. The molecule has 0 saturated carbocycles. The smallest absolute Gasteiger partial charge is 0.350 e. The zero-order chi connectivity index (χ0) is 15.2. The molecule has 0 aliphatic heterocycles. The second-order valence-corrected chi connectivity index (χ2v) is 5.41. The van der Waals surface area contributed by atoms with E-state index in [1.807, 2.05) is 0 Å². The average Bonchev–Trinajstić information content (AvgIpc) is 2.94. The van der Waals surface area contributed by atoms with Gasteiger partial charge in [0, 0.05) is 6.54 Å². The van der Waals surface area contributed by atoms with E-state index in [4.69, 9.17) is 12.2 Å². The molecule has 4 nitrogen and oxygen atoms in total. The Morgan fingerprint density at radius 1 is 1.33 bits per heavy atom. The topological polar surface area (TPSA) is 50.4 Å². The number of carbonyl (C=O) groups excluding carboxylic acids is 1. The summed E-state index contributed by atoms with van der Waals surface area (Å²) in [6.07, 6.45) is 0. The number of ether oxygens (including phenoxy) is 1. The van der Waals surface area contributed by atoms with Crippen molar-refractivity contribution in [2.75, 3.05) is 12.4 Å². The summed E-state index contributed by atoms with van der Waals surface area (Å²) in [6.45, 7) is 0.462. The number of rotatable bonds is 4. The molecular formula is C14H13FN2O2S2. The van der Waals surface area contributed by atoms with E-state index < -0.39 is 5.97 Å². The van der Waals surface area contributed by atoms with Crippen LogP contribution < -0.4 is 10.6 Å². The number of hydrogen-bond donors (Lipinski definition) is 2. The van der Waals surface area contributed by atoms with Gasteiger partial charge in [0.25, 0.3) is 0 Å². The van der Waals surface area contributed by atoms with E-state index in [2.05, 4.69) is 15.4 Å². The van der Waals surface area contributed by atoms with Crippen molar-refractivity contribution in [3.05, 3.63) is 52.0 Å². The Morgan fingerprint density at radius 2 is 2.05 bits per heavy atom. The number of thiophene rings is 1. The standard InChI is InChI=1S/C14H13FN2O2S2/c1-19-13(18)12-11(6-7-21-12)17-14(20)16-8-9-2-4-10(15)5-3-9/h2-7H,8H2,1H3,(H2,16,17,20). The van der Waals surface area contributed by atoms with Gasteiger partial charge in [-0.25, -0.2) is 9.18 Å². The van der Waals surface area contributed by atoms with E-state index in [0.29, 0.717) is 22.2 Å². The number of hydrogen-bond acceptors (Lipinski definition) is 4. The second-order valence-electron chi connectivity index (χ2n) is 4.09. The Kier molecular flexibility index (Phi) is 5.24. The van der Waals surface area contributed by atoms with Gasteiger partial charge in [0.1, 0.15) is 10.7 Å². The van der Waals surface area contributed by atoms with E-state index in [9.17, 15) is 9.18 Å². The molecule has 0 amide bonds. The molecule has 1 aromatic heterocycles. The fraction of sp³-hybridized carbons (Fsp3) is 0.143. The van der Waals surface area contributed by atoms with Gasteiger partial charge in [0.05, 0.1) is 12.8 Å². The molecule has 0 unspecified atom stereocenters. The van der Waals surface area contributed by atoms with Crippen LogP contribution in [0.2, 0.25) is 0 Å². The van der Waals surface area contributed by atoms with Crippen LogP contribution >= 0.6 is 23.6 Å². The van der Waals surface area contributed by atoms with Crippen LogP contribution in [0.4, 0.5) is 10.1 Å². The fourth-order valence-corrected chi connectivity index (χ4v) is 2.56. The number of carbonyl (C=O) groups is 1. The van der Waals surface area contributed by atoms with Crippen molar-refractivity contribution in [2.24, 2.45) is 0 Å². The molecule has 0 fully saturated rings. The lowest BCUT2D eigenvalue weighted by Crippen LogP contribution is -2.28. The molecular weight excluding hydrogens is 311 g/mol. The van der Waals surface area contributed by atoms with Crippen LogP contribution in [0.3, 0.4) is 0 Å². The molecule has 1 aromatic carbocycles. The van der Waals surface area contributed by atoms with Gasteiger partial charge in [-0.2, -0.15) is 0 Å². The first kappa shape index (κ1) is 15.4. The SMILES string of the molecule is COC(=O)c1sccc1NC(=S)NCc1ccc(F)cc1. The van der Waals surface area contributed by atoms with Gasteiger partial charge in [-0.05, 0) is 41.4 Å². The zero-order valence-corrected chi connectivity index (χ0v) is 12.8. The molecule has 0 radical (unpaired) electrons. The number of halogens is 1. The minimum atomic E-state index is -0.408. The highest BCUT2D eigenvalue weighted by Crippen LogP contribution is 2.22. The van der Waals surface area contributed by atoms with Gasteiger partial charge >= 0.3 is 5.97 Å². The highest BCUT2D eigenvalue weighted by molar-refractivity contribution is 7.80. The lowest BCUT2D eigenvalue weighted by atomic mass is 10.2. The van der Waals surface area contributed by atoms with Crippen LogP contribution in [-0.2, 0) is 11.3 Å². The molecule has 0 aliphatic carbocycles. The van der Waals surface area contributed by atoms with Crippen LogP contribution in [0.25, 0.3) is 0 Å². The maximum Gasteiger partial charge on any atom is 0.350 e. The normalized spacial score (nSPS) is 10.0. The van der Waals surface area contributed by atoms with Gasteiger partial charge in [0.2, 0.25) is 0 Å². The summed E-state index contributed by atoms with van der Waals surface area (Å²) >= 11 is 6.44. The third kappa shape index (κ3) is 4.24. The van der Waals surface area contributed by atoms with Crippen LogP contribution in [0.15, 0.2) is 35.7 Å². The molecule has 110 valence electrons. The van der Waals surface area contributed by atoms with Crippen LogP contribution in [0.5, 0.6) is 0 Å². The zero-order valence-electron chi connectivity index (χ0n) is 11.2. The summed E-state index contributed by atoms with van der Waals surface area (Å²) in [5.41, 5.74) is 1.50. The van der Waals surface area contributed by atoms with E-state index in [0.717, 1.165) is 5.56 Å². The summed E-state index contributed by atoms with van der Waals surface area (Å²) in [5.74, 6) is -0.686. The maximum absolute atomic E-state index is 12.8. The second kappa shape index (κ2) is 7.14. The van der Waals surface area contributed by atoms with E-state index in [1.165, 1.54) is 30.6 Å². The van der Waals surface area contributed by atoms with Gasteiger partial charge in [-0.3, -0.25) is 0 Å². The summed E-state index contributed by atoms with van der Waals surface area (Å²) in [4.78, 5) is 12.0. The minimum absolute atomic E-state index is 0.277. The van der Waals surface area contributed by atoms with Crippen molar-refractivity contribution in [2.45, 2.75) is 6.54 Å². The van der Waals surface area contributed by atoms with Gasteiger partial charge in [0.15, 0.2) is 5.11 Å². The van der Waals surface area contributed by atoms with Gasteiger partial charge in [-0.15, -0.1) is 11.3 Å². The monoisotopic (exact) mass is 324 g/mol. The van der Waals surface area contributed by atoms with Crippen molar-refractivity contribution in [3.63, 3.8) is 0 Å². The van der Waals surface area contributed by atoms with Gasteiger partial charge < -0.3 is 15.4 Å². The predicted octanol–water partition coefficient (Wildman–Crippen LogP) is 3.16. The number of esters is 1.